The molecule has 2 aromatic carbocycles. The predicted molar refractivity (Wildman–Crippen MR) is 142 cm³/mol. The van der Waals surface area contributed by atoms with Crippen molar-refractivity contribution in [1.82, 2.24) is 10.2 Å². The van der Waals surface area contributed by atoms with Crippen LogP contribution in [-0.2, 0) is 25.7 Å². The monoisotopic (exact) mass is 508 g/mol. The normalized spacial score (nSPS) is 15.5. The number of rotatable bonds is 8. The Morgan fingerprint density at radius 2 is 1.49 bits per heavy atom. The molecule has 37 heavy (non-hydrogen) atoms. The summed E-state index contributed by atoms with van der Waals surface area (Å²) in [4.78, 5) is 40.6. The van der Waals surface area contributed by atoms with Crippen LogP contribution in [0, 0.1) is 11.3 Å². The Morgan fingerprint density at radius 1 is 0.919 bits per heavy atom. The van der Waals surface area contributed by atoms with E-state index < -0.39 is 23.2 Å². The van der Waals surface area contributed by atoms with Crippen molar-refractivity contribution in [2.24, 2.45) is 11.3 Å². The van der Waals surface area contributed by atoms with Crippen molar-refractivity contribution in [1.29, 1.82) is 0 Å². The lowest BCUT2D eigenvalue weighted by Crippen LogP contribution is -2.51. The molecule has 1 unspecified atom stereocenters. The summed E-state index contributed by atoms with van der Waals surface area (Å²) < 4.78 is 10.9. The van der Waals surface area contributed by atoms with Gasteiger partial charge in [0.05, 0.1) is 11.5 Å². The number of benzene rings is 2. The highest BCUT2D eigenvalue weighted by molar-refractivity contribution is 5.84. The zero-order valence-electron chi connectivity index (χ0n) is 22.7. The van der Waals surface area contributed by atoms with E-state index in [-0.39, 0.29) is 24.4 Å². The summed E-state index contributed by atoms with van der Waals surface area (Å²) in [5.41, 5.74) is 0.234. The maximum atomic E-state index is 13.7. The average molecular weight is 509 g/mol. The van der Waals surface area contributed by atoms with Crippen molar-refractivity contribution in [3.63, 3.8) is 0 Å². The summed E-state index contributed by atoms with van der Waals surface area (Å²) in [6.07, 6.45) is 1.26. The lowest BCUT2D eigenvalue weighted by Gasteiger charge is -2.40. The molecule has 0 bridgehead atoms. The number of amides is 2. The van der Waals surface area contributed by atoms with Gasteiger partial charge in [0.2, 0.25) is 5.91 Å². The Balaban J connectivity index is 1.59. The fourth-order valence-electron chi connectivity index (χ4n) is 4.66. The fourth-order valence-corrected chi connectivity index (χ4v) is 4.66. The molecule has 0 spiro atoms. The quantitative estimate of drug-likeness (QED) is 0.466. The Morgan fingerprint density at radius 3 is 2.05 bits per heavy atom. The zero-order chi connectivity index (χ0) is 27.1. The zero-order valence-corrected chi connectivity index (χ0v) is 22.7. The van der Waals surface area contributed by atoms with Crippen molar-refractivity contribution in [2.75, 3.05) is 13.1 Å². The number of piperidine rings is 1. The molecule has 200 valence electrons. The van der Waals surface area contributed by atoms with Gasteiger partial charge in [-0.05, 0) is 64.5 Å². The van der Waals surface area contributed by atoms with Gasteiger partial charge in [-0.2, -0.15) is 0 Å². The van der Waals surface area contributed by atoms with Gasteiger partial charge < -0.3 is 19.7 Å². The first kappa shape index (κ1) is 28.2. The molecule has 7 nitrogen and oxygen atoms in total. The molecule has 1 saturated heterocycles. The lowest BCUT2D eigenvalue weighted by atomic mass is 9.78. The van der Waals surface area contributed by atoms with Crippen LogP contribution in [-0.4, -0.2) is 41.6 Å². The van der Waals surface area contributed by atoms with Crippen molar-refractivity contribution < 1.29 is 23.9 Å². The van der Waals surface area contributed by atoms with Crippen LogP contribution in [0.5, 0.6) is 0 Å². The number of ether oxygens (including phenoxy) is 2. The highest BCUT2D eigenvalue weighted by Crippen LogP contribution is 2.37. The summed E-state index contributed by atoms with van der Waals surface area (Å²) in [5.74, 6) is -0.0672. The third-order valence-corrected chi connectivity index (χ3v) is 6.67. The molecule has 1 atom stereocenters. The maximum absolute atomic E-state index is 13.7. The second kappa shape index (κ2) is 12.3. The summed E-state index contributed by atoms with van der Waals surface area (Å²) in [5, 5.41) is 2.94. The summed E-state index contributed by atoms with van der Waals surface area (Å²) in [6, 6.07) is 18.6. The van der Waals surface area contributed by atoms with Gasteiger partial charge in [0.1, 0.15) is 12.2 Å². The summed E-state index contributed by atoms with van der Waals surface area (Å²) >= 11 is 0. The van der Waals surface area contributed by atoms with E-state index in [0.717, 1.165) is 24.0 Å². The number of alkyl carbamates (subject to hydrolysis) is 1. The molecule has 1 heterocycles. The lowest BCUT2D eigenvalue weighted by molar-refractivity contribution is -0.147. The first-order chi connectivity index (χ1) is 17.5. The van der Waals surface area contributed by atoms with Gasteiger partial charge in [-0.1, -0.05) is 60.7 Å². The van der Waals surface area contributed by atoms with E-state index in [2.05, 4.69) is 5.32 Å². The molecule has 0 aliphatic carbocycles. The number of hydrogen-bond acceptors (Lipinski definition) is 5. The summed E-state index contributed by atoms with van der Waals surface area (Å²) in [7, 11) is 0. The molecule has 1 N–H and O–H groups in total. The first-order valence-corrected chi connectivity index (χ1v) is 13.0. The van der Waals surface area contributed by atoms with Gasteiger partial charge in [-0.3, -0.25) is 9.59 Å². The number of carbonyl (C=O) groups excluding carboxylic acids is 3. The van der Waals surface area contributed by atoms with Crippen LogP contribution in [0.15, 0.2) is 60.7 Å². The topological polar surface area (TPSA) is 84.9 Å². The highest BCUT2D eigenvalue weighted by Gasteiger charge is 2.42. The molecule has 1 aliphatic rings. The Labute approximate surface area is 220 Å². The van der Waals surface area contributed by atoms with Crippen LogP contribution in [0.2, 0.25) is 0 Å². The standard InChI is InChI=1S/C30H40N2O5/c1-29(2,3)37-28(35)31-26(24-14-10-7-11-15-24)30(4,5)27(34)32-18-16-22(17-19-32)20-25(33)36-21-23-12-8-6-9-13-23/h6-15,22,26H,16-21H2,1-5H3,(H,31,35). The third-order valence-electron chi connectivity index (χ3n) is 6.67. The molecule has 2 amide bonds. The number of nitrogens with zero attached hydrogens (tertiary/aromatic N) is 1. The predicted octanol–water partition coefficient (Wildman–Crippen LogP) is 5.65. The molecule has 0 aromatic heterocycles. The molecule has 7 heteroatoms. The SMILES string of the molecule is CC(C)(C)OC(=O)NC(c1ccccc1)C(C)(C)C(=O)N1CCC(CC(=O)OCc2ccccc2)CC1. The molecule has 0 saturated carbocycles. The average Bonchev–Trinajstić information content (AvgIpc) is 2.86. The maximum Gasteiger partial charge on any atom is 0.408 e. The van der Waals surface area contributed by atoms with Crippen molar-refractivity contribution in [2.45, 2.75) is 72.1 Å². The van der Waals surface area contributed by atoms with Crippen LogP contribution in [0.3, 0.4) is 0 Å². The van der Waals surface area contributed by atoms with Crippen LogP contribution in [0.4, 0.5) is 4.79 Å². The minimum Gasteiger partial charge on any atom is -0.461 e. The number of likely N-dealkylation sites (tertiary alicyclic amines) is 1. The third kappa shape index (κ3) is 8.34. The van der Waals surface area contributed by atoms with Crippen LogP contribution < -0.4 is 5.32 Å². The molecule has 2 aromatic rings. The number of hydrogen-bond donors (Lipinski definition) is 1. The van der Waals surface area contributed by atoms with E-state index in [9.17, 15) is 14.4 Å². The van der Waals surface area contributed by atoms with Crippen LogP contribution in [0.1, 0.15) is 71.0 Å². The van der Waals surface area contributed by atoms with Gasteiger partial charge in [0.25, 0.3) is 0 Å². The molecule has 3 rings (SSSR count). The molecular weight excluding hydrogens is 468 g/mol. The van der Waals surface area contributed by atoms with Crippen LogP contribution >= 0.6 is 0 Å². The second-order valence-corrected chi connectivity index (χ2v) is 11.3. The number of carbonyl (C=O) groups is 3. The molecule has 0 radical (unpaired) electrons. The molecule has 1 aliphatic heterocycles. The number of esters is 1. The van der Waals surface area contributed by atoms with E-state index in [1.807, 2.05) is 100 Å². The Kier molecular flexibility index (Phi) is 9.35. The smallest absolute Gasteiger partial charge is 0.408 e. The van der Waals surface area contributed by atoms with E-state index in [1.54, 1.807) is 0 Å². The summed E-state index contributed by atoms with van der Waals surface area (Å²) in [6.45, 7) is 10.5. The van der Waals surface area contributed by atoms with Gasteiger partial charge in [0, 0.05) is 19.5 Å². The highest BCUT2D eigenvalue weighted by atomic mass is 16.6. The van der Waals surface area contributed by atoms with E-state index in [1.165, 1.54) is 0 Å². The molecular formula is C30H40N2O5. The number of nitrogens with one attached hydrogen (secondary N) is 1. The minimum absolute atomic E-state index is 0.0393. The Hall–Kier alpha value is -3.35. The van der Waals surface area contributed by atoms with Gasteiger partial charge in [0.15, 0.2) is 0 Å². The van der Waals surface area contributed by atoms with Gasteiger partial charge >= 0.3 is 12.1 Å². The van der Waals surface area contributed by atoms with E-state index in [0.29, 0.717) is 19.5 Å². The van der Waals surface area contributed by atoms with E-state index >= 15 is 0 Å². The van der Waals surface area contributed by atoms with Gasteiger partial charge in [-0.25, -0.2) is 4.79 Å². The van der Waals surface area contributed by atoms with E-state index in [4.69, 9.17) is 9.47 Å². The fraction of sp³-hybridized carbons (Fsp3) is 0.500. The first-order valence-electron chi connectivity index (χ1n) is 13.0. The van der Waals surface area contributed by atoms with Crippen LogP contribution in [0.25, 0.3) is 0 Å². The van der Waals surface area contributed by atoms with Crippen molar-refractivity contribution in [3.8, 4) is 0 Å². The molecule has 1 fully saturated rings. The Bertz CT molecular complexity index is 1040. The van der Waals surface area contributed by atoms with Crippen molar-refractivity contribution >= 4 is 18.0 Å². The van der Waals surface area contributed by atoms with Crippen molar-refractivity contribution in [3.05, 3.63) is 71.8 Å². The minimum atomic E-state index is -0.917. The largest absolute Gasteiger partial charge is 0.461 e. The van der Waals surface area contributed by atoms with Gasteiger partial charge in [-0.15, -0.1) is 0 Å². The second-order valence-electron chi connectivity index (χ2n) is 11.3.